The minimum atomic E-state index is -0.345. The van der Waals surface area contributed by atoms with Crippen molar-refractivity contribution in [2.75, 3.05) is 13.6 Å². The molecule has 0 aliphatic rings. The van der Waals surface area contributed by atoms with Crippen LogP contribution in [0.15, 0.2) is 35.5 Å². The Kier molecular flexibility index (Phi) is 5.81. The van der Waals surface area contributed by atoms with Gasteiger partial charge in [0.15, 0.2) is 0 Å². The molecule has 5 N–H and O–H groups in total. The van der Waals surface area contributed by atoms with Crippen molar-refractivity contribution >= 4 is 11.7 Å². The van der Waals surface area contributed by atoms with Gasteiger partial charge in [-0.25, -0.2) is 0 Å². The summed E-state index contributed by atoms with van der Waals surface area (Å²) < 4.78 is 0. The molecule has 0 bridgehead atoms. The number of nitrogens with zero attached hydrogens (tertiary/aromatic N) is 1. The quantitative estimate of drug-likeness (QED) is 0.256. The molecule has 1 rings (SSSR count). The average Bonchev–Trinajstić information content (AvgIpc) is 2.47. The van der Waals surface area contributed by atoms with Crippen LogP contribution in [0.4, 0.5) is 0 Å². The highest BCUT2D eigenvalue weighted by molar-refractivity contribution is 5.87. The van der Waals surface area contributed by atoms with Crippen LogP contribution in [-0.4, -0.2) is 36.6 Å². The van der Waals surface area contributed by atoms with Gasteiger partial charge in [0.25, 0.3) is 0 Å². The third kappa shape index (κ3) is 4.26. The molecule has 0 saturated carbocycles. The van der Waals surface area contributed by atoms with Crippen LogP contribution in [0.2, 0.25) is 0 Å². The third-order valence-corrected chi connectivity index (χ3v) is 2.94. The topological polar surface area (TPSA) is 99.7 Å². The number of likely N-dealkylation sites (N-methyl/N-ethyl adjacent to an activating group) is 1. The number of benzene rings is 1. The lowest BCUT2D eigenvalue weighted by Gasteiger charge is -2.19. The van der Waals surface area contributed by atoms with E-state index < -0.39 is 0 Å². The van der Waals surface area contributed by atoms with Gasteiger partial charge in [0.2, 0.25) is 5.91 Å². The SMILES string of the molecule is CNC(=O)C(C)NCC(C(N)=NO)c1ccccc1. The summed E-state index contributed by atoms with van der Waals surface area (Å²) in [6.45, 7) is 2.17. The first-order chi connectivity index (χ1) is 9.10. The summed E-state index contributed by atoms with van der Waals surface area (Å²) in [7, 11) is 1.58. The van der Waals surface area contributed by atoms with Crippen LogP contribution in [0, 0.1) is 0 Å². The first kappa shape index (κ1) is 15.0. The van der Waals surface area contributed by atoms with Crippen molar-refractivity contribution in [2.24, 2.45) is 10.9 Å². The fourth-order valence-corrected chi connectivity index (χ4v) is 1.75. The summed E-state index contributed by atoms with van der Waals surface area (Å²) in [4.78, 5) is 11.4. The first-order valence-electron chi connectivity index (χ1n) is 6.07. The van der Waals surface area contributed by atoms with E-state index in [4.69, 9.17) is 10.9 Å². The normalized spacial score (nSPS) is 14.7. The standard InChI is InChI=1S/C13H20N4O2/c1-9(13(18)15-2)16-8-11(12(14)17-19)10-6-4-3-5-7-10/h3-7,9,11,16,19H,8H2,1-2H3,(H2,14,17)(H,15,18). The number of rotatable bonds is 6. The molecule has 1 aromatic rings. The first-order valence-corrected chi connectivity index (χ1v) is 6.07. The Morgan fingerprint density at radius 2 is 2.05 bits per heavy atom. The van der Waals surface area contributed by atoms with Crippen molar-refractivity contribution < 1.29 is 10.0 Å². The molecule has 19 heavy (non-hydrogen) atoms. The number of nitrogens with two attached hydrogens (primary N) is 1. The molecule has 6 heteroatoms. The molecule has 0 aliphatic heterocycles. The summed E-state index contributed by atoms with van der Waals surface area (Å²) in [5.74, 6) is -0.271. The maximum absolute atomic E-state index is 11.4. The second-order valence-corrected chi connectivity index (χ2v) is 4.23. The zero-order valence-electron chi connectivity index (χ0n) is 11.1. The van der Waals surface area contributed by atoms with E-state index in [2.05, 4.69) is 15.8 Å². The molecule has 2 atom stereocenters. The molecular weight excluding hydrogens is 244 g/mol. The highest BCUT2D eigenvalue weighted by Crippen LogP contribution is 2.15. The maximum atomic E-state index is 11.4. The molecule has 0 aromatic heterocycles. The van der Waals surface area contributed by atoms with Crippen molar-refractivity contribution in [3.63, 3.8) is 0 Å². The van der Waals surface area contributed by atoms with Gasteiger partial charge >= 0.3 is 0 Å². The number of hydrogen-bond acceptors (Lipinski definition) is 4. The lowest BCUT2D eigenvalue weighted by molar-refractivity contribution is -0.122. The second-order valence-electron chi connectivity index (χ2n) is 4.23. The van der Waals surface area contributed by atoms with Crippen LogP contribution >= 0.6 is 0 Å². The zero-order valence-corrected chi connectivity index (χ0v) is 11.1. The zero-order chi connectivity index (χ0) is 14.3. The number of amides is 1. The number of hydrogen-bond donors (Lipinski definition) is 4. The van der Waals surface area contributed by atoms with Gasteiger partial charge in [0.05, 0.1) is 12.0 Å². The Morgan fingerprint density at radius 1 is 1.42 bits per heavy atom. The van der Waals surface area contributed by atoms with Gasteiger partial charge in [0, 0.05) is 13.6 Å². The molecule has 6 nitrogen and oxygen atoms in total. The highest BCUT2D eigenvalue weighted by Gasteiger charge is 2.19. The van der Waals surface area contributed by atoms with Gasteiger partial charge in [-0.05, 0) is 12.5 Å². The van der Waals surface area contributed by atoms with E-state index in [1.54, 1.807) is 14.0 Å². The molecule has 1 amide bonds. The molecule has 0 fully saturated rings. The fourth-order valence-electron chi connectivity index (χ4n) is 1.75. The smallest absolute Gasteiger partial charge is 0.236 e. The van der Waals surface area contributed by atoms with E-state index in [1.807, 2.05) is 30.3 Å². The van der Waals surface area contributed by atoms with Crippen LogP contribution in [0.5, 0.6) is 0 Å². The molecule has 0 saturated heterocycles. The van der Waals surface area contributed by atoms with Gasteiger partial charge in [0.1, 0.15) is 5.84 Å². The Balaban J connectivity index is 2.75. The van der Waals surface area contributed by atoms with Gasteiger partial charge in [-0.3, -0.25) is 4.79 Å². The monoisotopic (exact) mass is 264 g/mol. The molecule has 2 unspecified atom stereocenters. The molecular formula is C13H20N4O2. The van der Waals surface area contributed by atoms with E-state index in [-0.39, 0.29) is 23.7 Å². The minimum absolute atomic E-state index is 0.105. The van der Waals surface area contributed by atoms with Crippen molar-refractivity contribution in [2.45, 2.75) is 18.9 Å². The van der Waals surface area contributed by atoms with E-state index in [0.29, 0.717) is 6.54 Å². The summed E-state index contributed by atoms with van der Waals surface area (Å²) >= 11 is 0. The predicted molar refractivity (Wildman–Crippen MR) is 74.1 cm³/mol. The van der Waals surface area contributed by atoms with E-state index in [1.165, 1.54) is 0 Å². The lowest BCUT2D eigenvalue weighted by Crippen LogP contribution is -2.43. The number of carbonyl (C=O) groups excluding carboxylic acids is 1. The van der Waals surface area contributed by atoms with Gasteiger partial charge < -0.3 is 21.6 Å². The minimum Gasteiger partial charge on any atom is -0.409 e. The van der Waals surface area contributed by atoms with Gasteiger partial charge in [-0.2, -0.15) is 0 Å². The lowest BCUT2D eigenvalue weighted by atomic mass is 9.97. The summed E-state index contributed by atoms with van der Waals surface area (Å²) in [6.07, 6.45) is 0. The van der Waals surface area contributed by atoms with Crippen LogP contribution < -0.4 is 16.4 Å². The molecule has 104 valence electrons. The Bertz CT molecular complexity index is 434. The molecule has 0 heterocycles. The van der Waals surface area contributed by atoms with Crippen molar-refractivity contribution in [3.05, 3.63) is 35.9 Å². The van der Waals surface area contributed by atoms with Crippen LogP contribution in [0.1, 0.15) is 18.4 Å². The fraction of sp³-hybridized carbons (Fsp3) is 0.385. The molecule has 0 spiro atoms. The molecule has 0 aliphatic carbocycles. The predicted octanol–water partition coefficient (Wildman–Crippen LogP) is 0.241. The molecule has 1 aromatic carbocycles. The van der Waals surface area contributed by atoms with Crippen molar-refractivity contribution in [3.8, 4) is 0 Å². The second kappa shape index (κ2) is 7.38. The number of carbonyl (C=O) groups is 1. The Morgan fingerprint density at radius 3 is 2.58 bits per heavy atom. The van der Waals surface area contributed by atoms with E-state index in [9.17, 15) is 4.79 Å². The maximum Gasteiger partial charge on any atom is 0.236 e. The Labute approximate surface area is 112 Å². The van der Waals surface area contributed by atoms with Crippen LogP contribution in [0.25, 0.3) is 0 Å². The highest BCUT2D eigenvalue weighted by atomic mass is 16.4. The van der Waals surface area contributed by atoms with Crippen molar-refractivity contribution in [1.29, 1.82) is 0 Å². The summed E-state index contributed by atoms with van der Waals surface area (Å²) in [5.41, 5.74) is 6.63. The van der Waals surface area contributed by atoms with E-state index in [0.717, 1.165) is 5.56 Å². The van der Waals surface area contributed by atoms with Crippen molar-refractivity contribution in [1.82, 2.24) is 10.6 Å². The largest absolute Gasteiger partial charge is 0.409 e. The third-order valence-electron chi connectivity index (χ3n) is 2.94. The number of oxime groups is 1. The van der Waals surface area contributed by atoms with Gasteiger partial charge in [-0.1, -0.05) is 35.5 Å². The van der Waals surface area contributed by atoms with Crippen LogP contribution in [-0.2, 0) is 4.79 Å². The number of nitrogens with one attached hydrogen (secondary N) is 2. The average molecular weight is 264 g/mol. The Hall–Kier alpha value is -2.08. The van der Waals surface area contributed by atoms with Crippen LogP contribution in [0.3, 0.4) is 0 Å². The summed E-state index contributed by atoms with van der Waals surface area (Å²) in [5, 5.41) is 17.5. The van der Waals surface area contributed by atoms with E-state index >= 15 is 0 Å². The molecule has 0 radical (unpaired) electrons. The summed E-state index contributed by atoms with van der Waals surface area (Å²) in [6, 6.07) is 9.12. The number of amidine groups is 1. The van der Waals surface area contributed by atoms with Gasteiger partial charge in [-0.15, -0.1) is 0 Å².